The SMILES string of the molecule is CNC1CCC(Cc2nc(C)cs2)C1. The van der Waals surface area contributed by atoms with Gasteiger partial charge < -0.3 is 5.32 Å². The minimum absolute atomic E-state index is 0.751. The summed E-state index contributed by atoms with van der Waals surface area (Å²) < 4.78 is 0. The lowest BCUT2D eigenvalue weighted by Gasteiger charge is -2.08. The van der Waals surface area contributed by atoms with E-state index in [1.807, 2.05) is 11.3 Å². The maximum Gasteiger partial charge on any atom is 0.0930 e. The van der Waals surface area contributed by atoms with Gasteiger partial charge in [0.05, 0.1) is 5.01 Å². The molecule has 2 rings (SSSR count). The molecule has 0 bridgehead atoms. The number of thiazole rings is 1. The minimum atomic E-state index is 0.751. The molecule has 0 radical (unpaired) electrons. The number of nitrogens with one attached hydrogen (secondary N) is 1. The molecule has 0 aromatic carbocycles. The van der Waals surface area contributed by atoms with Crippen LogP contribution >= 0.6 is 11.3 Å². The van der Waals surface area contributed by atoms with Gasteiger partial charge in [-0.25, -0.2) is 4.98 Å². The van der Waals surface area contributed by atoms with Crippen LogP contribution in [0.2, 0.25) is 0 Å². The van der Waals surface area contributed by atoms with E-state index in [0.717, 1.165) is 12.0 Å². The van der Waals surface area contributed by atoms with Gasteiger partial charge in [-0.2, -0.15) is 0 Å². The number of aryl methyl sites for hydroxylation is 1. The molecular formula is C11H18N2S. The van der Waals surface area contributed by atoms with E-state index in [0.29, 0.717) is 0 Å². The first-order valence-electron chi connectivity index (χ1n) is 5.36. The van der Waals surface area contributed by atoms with E-state index in [1.165, 1.54) is 36.4 Å². The summed E-state index contributed by atoms with van der Waals surface area (Å²) in [5.41, 5.74) is 1.17. The maximum absolute atomic E-state index is 4.52. The van der Waals surface area contributed by atoms with E-state index in [9.17, 15) is 0 Å². The fourth-order valence-corrected chi connectivity index (χ4v) is 3.15. The zero-order valence-corrected chi connectivity index (χ0v) is 9.73. The minimum Gasteiger partial charge on any atom is -0.317 e. The molecule has 2 unspecified atom stereocenters. The smallest absolute Gasteiger partial charge is 0.0930 e. The van der Waals surface area contributed by atoms with Gasteiger partial charge >= 0.3 is 0 Å². The largest absolute Gasteiger partial charge is 0.317 e. The lowest BCUT2D eigenvalue weighted by molar-refractivity contribution is 0.509. The Balaban J connectivity index is 1.87. The summed E-state index contributed by atoms with van der Waals surface area (Å²) in [5.74, 6) is 0.859. The Morgan fingerprint density at radius 1 is 1.57 bits per heavy atom. The predicted octanol–water partition coefficient (Wildman–Crippen LogP) is 2.38. The molecule has 1 saturated carbocycles. The fraction of sp³-hybridized carbons (Fsp3) is 0.727. The summed E-state index contributed by atoms with van der Waals surface area (Å²) in [6.07, 6.45) is 5.22. The quantitative estimate of drug-likeness (QED) is 0.828. The molecule has 78 valence electrons. The molecule has 2 nitrogen and oxygen atoms in total. The van der Waals surface area contributed by atoms with Crippen LogP contribution in [-0.2, 0) is 6.42 Å². The van der Waals surface area contributed by atoms with Gasteiger partial charge in [0.1, 0.15) is 0 Å². The van der Waals surface area contributed by atoms with Crippen LogP contribution in [-0.4, -0.2) is 18.1 Å². The lowest BCUT2D eigenvalue weighted by atomic mass is 10.0. The van der Waals surface area contributed by atoms with Crippen molar-refractivity contribution in [2.75, 3.05) is 7.05 Å². The molecule has 0 amide bonds. The molecular weight excluding hydrogens is 192 g/mol. The number of hydrogen-bond acceptors (Lipinski definition) is 3. The van der Waals surface area contributed by atoms with Crippen LogP contribution in [0.5, 0.6) is 0 Å². The van der Waals surface area contributed by atoms with Gasteiger partial charge in [-0.3, -0.25) is 0 Å². The highest BCUT2D eigenvalue weighted by Crippen LogP contribution is 2.29. The van der Waals surface area contributed by atoms with Crippen molar-refractivity contribution < 1.29 is 0 Å². The van der Waals surface area contributed by atoms with Crippen molar-refractivity contribution >= 4 is 11.3 Å². The topological polar surface area (TPSA) is 24.9 Å². The third kappa shape index (κ3) is 2.34. The highest BCUT2D eigenvalue weighted by atomic mass is 32.1. The maximum atomic E-state index is 4.52. The molecule has 1 aromatic rings. The zero-order valence-electron chi connectivity index (χ0n) is 8.92. The summed E-state index contributed by atoms with van der Waals surface area (Å²) >= 11 is 1.81. The molecule has 1 aliphatic rings. The van der Waals surface area contributed by atoms with E-state index in [-0.39, 0.29) is 0 Å². The molecule has 1 aromatic heterocycles. The zero-order chi connectivity index (χ0) is 9.97. The van der Waals surface area contributed by atoms with Crippen LogP contribution in [0.3, 0.4) is 0 Å². The summed E-state index contributed by atoms with van der Waals surface area (Å²) in [5, 5.41) is 6.84. The first-order chi connectivity index (χ1) is 6.78. The second kappa shape index (κ2) is 4.41. The van der Waals surface area contributed by atoms with E-state index in [1.54, 1.807) is 0 Å². The lowest BCUT2D eigenvalue weighted by Crippen LogP contribution is -2.21. The van der Waals surface area contributed by atoms with Crippen LogP contribution < -0.4 is 5.32 Å². The molecule has 1 heterocycles. The van der Waals surface area contributed by atoms with Gasteiger partial charge in [0.25, 0.3) is 0 Å². The van der Waals surface area contributed by atoms with Gasteiger partial charge in [-0.05, 0) is 39.2 Å². The molecule has 0 saturated heterocycles. The standard InChI is InChI=1S/C11H18N2S/c1-8-7-14-11(13-8)6-9-3-4-10(5-9)12-2/h7,9-10,12H,3-6H2,1-2H3. The number of nitrogens with zero attached hydrogens (tertiary/aromatic N) is 1. The van der Waals surface area contributed by atoms with Crippen LogP contribution in [0.1, 0.15) is 30.0 Å². The Kier molecular flexibility index (Phi) is 3.19. The molecule has 1 fully saturated rings. The highest BCUT2D eigenvalue weighted by Gasteiger charge is 2.24. The Hall–Kier alpha value is -0.410. The number of rotatable bonds is 3. The molecule has 0 spiro atoms. The molecule has 0 aliphatic heterocycles. The molecule has 1 aliphatic carbocycles. The van der Waals surface area contributed by atoms with Crippen molar-refractivity contribution in [1.82, 2.24) is 10.3 Å². The Labute approximate surface area is 89.8 Å². The second-order valence-corrected chi connectivity index (χ2v) is 5.19. The van der Waals surface area contributed by atoms with Crippen molar-refractivity contribution in [1.29, 1.82) is 0 Å². The summed E-state index contributed by atoms with van der Waals surface area (Å²) in [6, 6.07) is 0.751. The second-order valence-electron chi connectivity index (χ2n) is 4.25. The average Bonchev–Trinajstić information content (AvgIpc) is 2.76. The molecule has 3 heteroatoms. The first kappa shape index (κ1) is 10.1. The summed E-state index contributed by atoms with van der Waals surface area (Å²) in [6.45, 7) is 2.07. The van der Waals surface area contributed by atoms with Gasteiger partial charge in [0.15, 0.2) is 0 Å². The highest BCUT2D eigenvalue weighted by molar-refractivity contribution is 7.09. The van der Waals surface area contributed by atoms with Crippen molar-refractivity contribution in [3.8, 4) is 0 Å². The van der Waals surface area contributed by atoms with Crippen LogP contribution in [0.4, 0.5) is 0 Å². The summed E-state index contributed by atoms with van der Waals surface area (Å²) in [4.78, 5) is 4.52. The molecule has 2 atom stereocenters. The number of hydrogen-bond donors (Lipinski definition) is 1. The predicted molar refractivity (Wildman–Crippen MR) is 60.7 cm³/mol. The Morgan fingerprint density at radius 3 is 3.00 bits per heavy atom. The summed E-state index contributed by atoms with van der Waals surface area (Å²) in [7, 11) is 2.07. The average molecular weight is 210 g/mol. The Bertz CT molecular complexity index is 295. The normalized spacial score (nSPS) is 27.0. The van der Waals surface area contributed by atoms with E-state index in [4.69, 9.17) is 0 Å². The van der Waals surface area contributed by atoms with Crippen molar-refractivity contribution in [2.24, 2.45) is 5.92 Å². The third-order valence-electron chi connectivity index (χ3n) is 3.08. The van der Waals surface area contributed by atoms with Crippen molar-refractivity contribution in [3.63, 3.8) is 0 Å². The van der Waals surface area contributed by atoms with Gasteiger partial charge in [-0.15, -0.1) is 11.3 Å². The van der Waals surface area contributed by atoms with Gasteiger partial charge in [-0.1, -0.05) is 0 Å². The van der Waals surface area contributed by atoms with Crippen LogP contribution in [0.15, 0.2) is 5.38 Å². The van der Waals surface area contributed by atoms with Crippen molar-refractivity contribution in [2.45, 2.75) is 38.6 Å². The molecule has 14 heavy (non-hydrogen) atoms. The van der Waals surface area contributed by atoms with E-state index < -0.39 is 0 Å². The van der Waals surface area contributed by atoms with Crippen LogP contribution in [0.25, 0.3) is 0 Å². The van der Waals surface area contributed by atoms with Gasteiger partial charge in [0.2, 0.25) is 0 Å². The van der Waals surface area contributed by atoms with Gasteiger partial charge in [0, 0.05) is 23.5 Å². The third-order valence-corrected chi connectivity index (χ3v) is 4.07. The number of aromatic nitrogens is 1. The monoisotopic (exact) mass is 210 g/mol. The fourth-order valence-electron chi connectivity index (χ4n) is 2.27. The first-order valence-corrected chi connectivity index (χ1v) is 6.24. The van der Waals surface area contributed by atoms with E-state index >= 15 is 0 Å². The van der Waals surface area contributed by atoms with Crippen molar-refractivity contribution in [3.05, 3.63) is 16.1 Å². The molecule has 1 N–H and O–H groups in total. The Morgan fingerprint density at radius 2 is 2.43 bits per heavy atom. The van der Waals surface area contributed by atoms with Crippen LogP contribution in [0, 0.1) is 12.8 Å². The van der Waals surface area contributed by atoms with E-state index in [2.05, 4.69) is 29.7 Å².